The van der Waals surface area contributed by atoms with Gasteiger partial charge in [0, 0.05) is 28.6 Å². The minimum atomic E-state index is -0.833. The maximum Gasteiger partial charge on any atom is 0.307 e. The first-order valence-electron chi connectivity index (χ1n) is 8.11. The van der Waals surface area contributed by atoms with Crippen molar-refractivity contribution < 1.29 is 14.7 Å². The van der Waals surface area contributed by atoms with E-state index in [9.17, 15) is 14.7 Å². The molecule has 0 amide bonds. The van der Waals surface area contributed by atoms with Gasteiger partial charge in [-0.1, -0.05) is 20.8 Å². The van der Waals surface area contributed by atoms with Gasteiger partial charge in [0.05, 0.1) is 11.9 Å². The van der Waals surface area contributed by atoms with Gasteiger partial charge in [-0.25, -0.2) is 0 Å². The van der Waals surface area contributed by atoms with Crippen molar-refractivity contribution in [2.45, 2.75) is 53.5 Å². The zero-order valence-electron chi connectivity index (χ0n) is 14.2. The number of nitrogens with zero attached hydrogens (tertiary/aromatic N) is 1. The zero-order chi connectivity index (χ0) is 16.9. The van der Waals surface area contributed by atoms with Crippen molar-refractivity contribution in [3.05, 3.63) is 34.5 Å². The molecule has 1 aromatic heterocycles. The van der Waals surface area contributed by atoms with E-state index in [0.717, 1.165) is 41.5 Å². The number of carboxylic acid groups (broad SMARTS) is 1. The predicted molar refractivity (Wildman–Crippen MR) is 90.1 cm³/mol. The van der Waals surface area contributed by atoms with Crippen molar-refractivity contribution in [3.8, 4) is 0 Å². The number of aliphatic carboxylic acids is 1. The third-order valence-electron chi connectivity index (χ3n) is 4.72. The van der Waals surface area contributed by atoms with Crippen LogP contribution in [0.5, 0.6) is 0 Å². The van der Waals surface area contributed by atoms with E-state index in [1.165, 1.54) is 5.56 Å². The Morgan fingerprint density at radius 1 is 1.26 bits per heavy atom. The van der Waals surface area contributed by atoms with E-state index < -0.39 is 11.4 Å². The minimum absolute atomic E-state index is 0.00192. The first-order chi connectivity index (χ1) is 10.7. The molecule has 0 atom stereocenters. The number of carbonyl (C=O) groups excluding carboxylic acids is 1. The number of aryl methyl sites for hydroxylation is 2. The number of ketones is 1. The highest BCUT2D eigenvalue weighted by Crippen LogP contribution is 2.35. The van der Waals surface area contributed by atoms with E-state index in [-0.39, 0.29) is 12.2 Å². The van der Waals surface area contributed by atoms with E-state index in [1.807, 2.05) is 39.8 Å². The summed E-state index contributed by atoms with van der Waals surface area (Å²) in [6, 6.07) is 3.91. The van der Waals surface area contributed by atoms with Crippen LogP contribution in [0.2, 0.25) is 0 Å². The molecule has 122 valence electrons. The van der Waals surface area contributed by atoms with Gasteiger partial charge in [-0.05, 0) is 43.0 Å². The molecule has 23 heavy (non-hydrogen) atoms. The van der Waals surface area contributed by atoms with Crippen LogP contribution in [0.3, 0.4) is 0 Å². The second-order valence-electron chi connectivity index (χ2n) is 7.50. The van der Waals surface area contributed by atoms with Gasteiger partial charge in [-0.2, -0.15) is 0 Å². The number of hydrogen-bond donors (Lipinski definition) is 1. The Balaban J connectivity index is 2.29. The lowest BCUT2D eigenvalue weighted by atomic mass is 9.84. The van der Waals surface area contributed by atoms with Crippen LogP contribution in [0.4, 0.5) is 0 Å². The maximum absolute atomic E-state index is 12.7. The Kier molecular flexibility index (Phi) is 3.58. The van der Waals surface area contributed by atoms with Crippen LogP contribution in [0.25, 0.3) is 10.9 Å². The summed E-state index contributed by atoms with van der Waals surface area (Å²) in [4.78, 5) is 24.0. The summed E-state index contributed by atoms with van der Waals surface area (Å²) >= 11 is 0. The summed E-state index contributed by atoms with van der Waals surface area (Å²) in [5.74, 6) is -0.728. The molecule has 1 N–H and O–H groups in total. The second kappa shape index (κ2) is 5.22. The lowest BCUT2D eigenvalue weighted by Gasteiger charge is -2.20. The molecule has 1 aromatic carbocycles. The van der Waals surface area contributed by atoms with Crippen molar-refractivity contribution in [1.29, 1.82) is 0 Å². The fraction of sp³-hybridized carbons (Fsp3) is 0.474. The predicted octanol–water partition coefficient (Wildman–Crippen LogP) is 3.75. The first-order valence-corrected chi connectivity index (χ1v) is 8.11. The molecule has 0 unspecified atom stereocenters. The second-order valence-corrected chi connectivity index (χ2v) is 7.50. The standard InChI is InChI=1S/C19H23NO3/c1-11-14(10-16(21)22)15-9-13(18(23)19(2,3)4)8-12-6-5-7-20(11)17(12)15/h8-9H,5-7,10H2,1-4H3,(H,21,22). The highest BCUT2D eigenvalue weighted by atomic mass is 16.4. The van der Waals surface area contributed by atoms with Crippen LogP contribution in [0.1, 0.15) is 54.4 Å². The van der Waals surface area contributed by atoms with Crippen LogP contribution in [-0.2, 0) is 24.2 Å². The van der Waals surface area contributed by atoms with Gasteiger partial charge in [0.2, 0.25) is 0 Å². The Labute approximate surface area is 136 Å². The Bertz CT molecular complexity index is 821. The van der Waals surface area contributed by atoms with Crippen LogP contribution >= 0.6 is 0 Å². The topological polar surface area (TPSA) is 59.3 Å². The number of carbonyl (C=O) groups is 2. The number of rotatable bonds is 3. The summed E-state index contributed by atoms with van der Waals surface area (Å²) < 4.78 is 2.22. The molecule has 4 heteroatoms. The van der Waals surface area contributed by atoms with Gasteiger partial charge in [0.25, 0.3) is 0 Å². The lowest BCUT2D eigenvalue weighted by molar-refractivity contribution is -0.136. The van der Waals surface area contributed by atoms with Crippen molar-refractivity contribution in [2.24, 2.45) is 5.41 Å². The Morgan fingerprint density at radius 3 is 2.57 bits per heavy atom. The molecule has 2 heterocycles. The molecule has 2 aromatic rings. The van der Waals surface area contributed by atoms with Crippen LogP contribution < -0.4 is 0 Å². The van der Waals surface area contributed by atoms with Gasteiger partial charge in [0.15, 0.2) is 5.78 Å². The first kappa shape index (κ1) is 15.8. The van der Waals surface area contributed by atoms with Crippen LogP contribution in [0.15, 0.2) is 12.1 Å². The van der Waals surface area contributed by atoms with Crippen LogP contribution in [-0.4, -0.2) is 21.4 Å². The number of aromatic nitrogens is 1. The normalized spacial score (nSPS) is 14.3. The third kappa shape index (κ3) is 2.56. The van der Waals surface area contributed by atoms with Gasteiger partial charge in [0.1, 0.15) is 0 Å². The van der Waals surface area contributed by atoms with Crippen molar-refractivity contribution in [2.75, 3.05) is 0 Å². The summed E-state index contributed by atoms with van der Waals surface area (Å²) in [6.45, 7) is 8.65. The molecular formula is C19H23NO3. The number of Topliss-reactive ketones (excluding diaryl/α,β-unsaturated/α-hetero) is 1. The van der Waals surface area contributed by atoms with E-state index >= 15 is 0 Å². The zero-order valence-corrected chi connectivity index (χ0v) is 14.2. The number of carboxylic acids is 1. The molecular weight excluding hydrogens is 290 g/mol. The molecule has 0 fully saturated rings. The van der Waals surface area contributed by atoms with Gasteiger partial charge in [-0.3, -0.25) is 9.59 Å². The highest BCUT2D eigenvalue weighted by Gasteiger charge is 2.27. The fourth-order valence-corrected chi connectivity index (χ4v) is 3.61. The van der Waals surface area contributed by atoms with Gasteiger partial charge in [-0.15, -0.1) is 0 Å². The fourth-order valence-electron chi connectivity index (χ4n) is 3.61. The molecule has 3 rings (SSSR count). The lowest BCUT2D eigenvalue weighted by Crippen LogP contribution is -2.20. The molecule has 0 spiro atoms. The van der Waals surface area contributed by atoms with Crippen molar-refractivity contribution in [3.63, 3.8) is 0 Å². The van der Waals surface area contributed by atoms with E-state index in [1.54, 1.807) is 0 Å². The number of benzene rings is 1. The Hall–Kier alpha value is -2.10. The molecule has 1 aliphatic heterocycles. The van der Waals surface area contributed by atoms with E-state index in [4.69, 9.17) is 0 Å². The van der Waals surface area contributed by atoms with Crippen molar-refractivity contribution >= 4 is 22.7 Å². The maximum atomic E-state index is 12.7. The largest absolute Gasteiger partial charge is 0.481 e. The van der Waals surface area contributed by atoms with Crippen LogP contribution in [0, 0.1) is 12.3 Å². The summed E-state index contributed by atoms with van der Waals surface area (Å²) in [6.07, 6.45) is 1.97. The van der Waals surface area contributed by atoms with Gasteiger partial charge < -0.3 is 9.67 Å². The van der Waals surface area contributed by atoms with Crippen molar-refractivity contribution in [1.82, 2.24) is 4.57 Å². The molecule has 1 aliphatic rings. The average Bonchev–Trinajstić information content (AvgIpc) is 2.72. The highest BCUT2D eigenvalue weighted by molar-refractivity contribution is 6.04. The monoisotopic (exact) mass is 313 g/mol. The minimum Gasteiger partial charge on any atom is -0.481 e. The summed E-state index contributed by atoms with van der Waals surface area (Å²) in [7, 11) is 0. The SMILES string of the molecule is Cc1c(CC(=O)O)c2cc(C(=O)C(C)(C)C)cc3c2n1CCC3. The van der Waals surface area contributed by atoms with E-state index in [2.05, 4.69) is 4.57 Å². The summed E-state index contributed by atoms with van der Waals surface area (Å²) in [5.41, 5.74) is 4.41. The molecule has 0 saturated carbocycles. The molecule has 0 bridgehead atoms. The van der Waals surface area contributed by atoms with Gasteiger partial charge >= 0.3 is 5.97 Å². The molecule has 4 nitrogen and oxygen atoms in total. The smallest absolute Gasteiger partial charge is 0.307 e. The molecule has 0 aliphatic carbocycles. The summed E-state index contributed by atoms with van der Waals surface area (Å²) in [5, 5.41) is 10.2. The number of hydrogen-bond acceptors (Lipinski definition) is 2. The Morgan fingerprint density at radius 2 is 1.96 bits per heavy atom. The van der Waals surface area contributed by atoms with E-state index in [0.29, 0.717) is 5.56 Å². The molecule has 0 saturated heterocycles. The third-order valence-corrected chi connectivity index (χ3v) is 4.72. The average molecular weight is 313 g/mol. The molecule has 0 radical (unpaired) electrons. The quantitative estimate of drug-likeness (QED) is 0.878.